The number of halogens is 2. The van der Waals surface area contributed by atoms with Gasteiger partial charge in [-0.1, -0.05) is 0 Å². The first kappa shape index (κ1) is 32.6. The molecule has 3 N–H and O–H groups in total. The quantitative estimate of drug-likeness (QED) is 0.234. The van der Waals surface area contributed by atoms with Crippen LogP contribution in [0.1, 0.15) is 22.6 Å². The fraction of sp³-hybridized carbons (Fsp3) is 0.250. The van der Waals surface area contributed by atoms with Crippen LogP contribution >= 0.6 is 40.4 Å². The van der Waals surface area contributed by atoms with E-state index in [2.05, 4.69) is 21.2 Å². The minimum atomic E-state index is -1.36. The van der Waals surface area contributed by atoms with E-state index in [0.717, 1.165) is 9.13 Å². The van der Waals surface area contributed by atoms with E-state index in [1.54, 1.807) is 0 Å². The van der Waals surface area contributed by atoms with Gasteiger partial charge in [-0.25, -0.2) is 4.39 Å². The zero-order valence-electron chi connectivity index (χ0n) is 24.0. The molecule has 0 spiro atoms. The van der Waals surface area contributed by atoms with Crippen LogP contribution in [0.4, 0.5) is 10.1 Å². The molecule has 4 rings (SSSR count). The van der Waals surface area contributed by atoms with Gasteiger partial charge in [-0.3, -0.25) is 32.7 Å². The van der Waals surface area contributed by atoms with Gasteiger partial charge >= 0.3 is 0 Å². The number of ether oxygens (including phenoxy) is 2. The molecule has 0 fully saturated rings. The van der Waals surface area contributed by atoms with E-state index < -0.39 is 47.1 Å². The van der Waals surface area contributed by atoms with E-state index in [0.29, 0.717) is 5.69 Å². The highest BCUT2D eigenvalue weighted by Crippen LogP contribution is 2.43. The summed E-state index contributed by atoms with van der Waals surface area (Å²) in [5.74, 6) is -3.21. The number of carbonyl (C=O) groups excluding carboxylic acids is 1. The molecule has 1 amide bonds. The third kappa shape index (κ3) is 5.92. The Morgan fingerprint density at radius 3 is 1.91 bits per heavy atom. The van der Waals surface area contributed by atoms with Crippen molar-refractivity contribution in [2.45, 2.75) is 5.92 Å². The smallest absolute Gasteiger partial charge is 0.262 e. The summed E-state index contributed by atoms with van der Waals surface area (Å²) in [5.41, 5.74) is -1.34. The number of hydrogen-bond acceptors (Lipinski definition) is 9. The standard InChI is InChI=1S/C28H27BrFN5O7S2/c1-32-23(37)20(24(38)33(2)27(32)43)19(21-25(39)34(3)28(44)35(4)26(21)40)13-10-16(29)22(17(11-13)41-5)42-12-18(36)31-15-8-6-14(30)7-9-15/h6-11,19,37,39H,12H2,1-5H3,(H,31,36). The zero-order valence-corrected chi connectivity index (χ0v) is 27.3. The molecule has 2 heterocycles. The summed E-state index contributed by atoms with van der Waals surface area (Å²) >= 11 is 14.0. The molecule has 0 bridgehead atoms. The van der Waals surface area contributed by atoms with Crippen molar-refractivity contribution in [2.75, 3.05) is 19.0 Å². The van der Waals surface area contributed by atoms with Crippen molar-refractivity contribution in [1.29, 1.82) is 0 Å². The minimum Gasteiger partial charge on any atom is -0.494 e. The molecule has 0 unspecified atom stereocenters. The van der Waals surface area contributed by atoms with Gasteiger partial charge in [0.15, 0.2) is 27.6 Å². The van der Waals surface area contributed by atoms with Gasteiger partial charge in [0.1, 0.15) is 5.82 Å². The average molecular weight is 709 g/mol. The van der Waals surface area contributed by atoms with Crippen LogP contribution < -0.4 is 25.9 Å². The lowest BCUT2D eigenvalue weighted by atomic mass is 9.86. The summed E-state index contributed by atoms with van der Waals surface area (Å²) < 4.78 is 29.4. The van der Waals surface area contributed by atoms with Gasteiger partial charge in [0, 0.05) is 33.9 Å². The van der Waals surface area contributed by atoms with Crippen molar-refractivity contribution in [3.05, 3.63) is 93.6 Å². The number of anilines is 1. The van der Waals surface area contributed by atoms with Crippen molar-refractivity contribution in [2.24, 2.45) is 28.2 Å². The second-order valence-electron chi connectivity index (χ2n) is 9.70. The highest BCUT2D eigenvalue weighted by atomic mass is 79.9. The predicted molar refractivity (Wildman–Crippen MR) is 168 cm³/mol. The van der Waals surface area contributed by atoms with Crippen LogP contribution in [-0.4, -0.2) is 48.1 Å². The van der Waals surface area contributed by atoms with Gasteiger partial charge in [0.2, 0.25) is 11.8 Å². The number of carbonyl (C=O) groups is 1. The van der Waals surface area contributed by atoms with E-state index in [1.807, 2.05) is 0 Å². The molecule has 16 heteroatoms. The number of aromatic nitrogens is 4. The number of amides is 1. The predicted octanol–water partition coefficient (Wildman–Crippen LogP) is 3.74. The lowest BCUT2D eigenvalue weighted by Crippen LogP contribution is -2.33. The molecule has 2 aromatic heterocycles. The average Bonchev–Trinajstić information content (AvgIpc) is 3.00. The number of methoxy groups -OCH3 is 1. The first-order valence-electron chi connectivity index (χ1n) is 12.7. The Kier molecular flexibility index (Phi) is 9.46. The molecule has 232 valence electrons. The molecule has 0 saturated carbocycles. The largest absolute Gasteiger partial charge is 0.494 e. The zero-order chi connectivity index (χ0) is 32.6. The molecule has 0 aliphatic heterocycles. The van der Waals surface area contributed by atoms with E-state index in [1.165, 1.54) is 80.8 Å². The molecule has 2 aromatic carbocycles. The Morgan fingerprint density at radius 2 is 1.43 bits per heavy atom. The summed E-state index contributed by atoms with van der Waals surface area (Å²) in [7, 11) is 7.08. The highest BCUT2D eigenvalue weighted by molar-refractivity contribution is 9.10. The highest BCUT2D eigenvalue weighted by Gasteiger charge is 2.33. The number of aromatic hydroxyl groups is 2. The summed E-state index contributed by atoms with van der Waals surface area (Å²) in [6.07, 6.45) is 0. The SMILES string of the molecule is COc1cc(C(c2c(O)n(C)c(=S)n(C)c2=O)c2c(O)n(C)c(=S)n(C)c2=O)cc(Br)c1OCC(=O)Nc1ccc(F)cc1. The van der Waals surface area contributed by atoms with E-state index >= 15 is 0 Å². The van der Waals surface area contributed by atoms with Crippen LogP contribution in [-0.2, 0) is 33.0 Å². The van der Waals surface area contributed by atoms with E-state index in [-0.39, 0.29) is 42.2 Å². The Labute approximate surface area is 268 Å². The molecular formula is C28H27BrFN5O7S2. The Morgan fingerprint density at radius 1 is 0.932 bits per heavy atom. The second kappa shape index (κ2) is 12.8. The number of benzene rings is 2. The van der Waals surface area contributed by atoms with Gasteiger partial charge in [0.25, 0.3) is 17.0 Å². The summed E-state index contributed by atoms with van der Waals surface area (Å²) in [6, 6.07) is 8.15. The lowest BCUT2D eigenvalue weighted by Gasteiger charge is -2.24. The van der Waals surface area contributed by atoms with Gasteiger partial charge in [-0.05, 0) is 82.3 Å². The number of nitrogens with one attached hydrogen (secondary N) is 1. The molecule has 4 aromatic rings. The fourth-order valence-corrected chi connectivity index (χ4v) is 5.53. The van der Waals surface area contributed by atoms with Crippen molar-refractivity contribution in [3.63, 3.8) is 0 Å². The topological polar surface area (TPSA) is 142 Å². The van der Waals surface area contributed by atoms with Crippen molar-refractivity contribution < 1.29 is 28.9 Å². The summed E-state index contributed by atoms with van der Waals surface area (Å²) in [6.45, 7) is -0.454. The van der Waals surface area contributed by atoms with Crippen molar-refractivity contribution >= 4 is 52.0 Å². The molecule has 0 atom stereocenters. The molecule has 44 heavy (non-hydrogen) atoms. The molecule has 12 nitrogen and oxygen atoms in total. The fourth-order valence-electron chi connectivity index (χ4n) is 4.62. The van der Waals surface area contributed by atoms with E-state index in [9.17, 15) is 29.0 Å². The van der Waals surface area contributed by atoms with Crippen molar-refractivity contribution in [1.82, 2.24) is 18.3 Å². The van der Waals surface area contributed by atoms with Crippen LogP contribution in [0.25, 0.3) is 0 Å². The molecule has 0 aliphatic carbocycles. The van der Waals surface area contributed by atoms with Crippen LogP contribution in [0.15, 0.2) is 50.5 Å². The first-order valence-corrected chi connectivity index (χ1v) is 14.3. The van der Waals surface area contributed by atoms with E-state index in [4.69, 9.17) is 33.9 Å². The van der Waals surface area contributed by atoms with Gasteiger partial charge in [0.05, 0.1) is 28.6 Å². The van der Waals surface area contributed by atoms with Gasteiger partial charge in [-0.15, -0.1) is 0 Å². The first-order chi connectivity index (χ1) is 20.7. The molecule has 0 saturated heterocycles. The van der Waals surface area contributed by atoms with Gasteiger partial charge < -0.3 is 25.0 Å². The number of nitrogens with zero attached hydrogens (tertiary/aromatic N) is 4. The minimum absolute atomic E-state index is 0.0139. The molecule has 0 aliphatic rings. The van der Waals surface area contributed by atoms with Gasteiger partial charge in [-0.2, -0.15) is 0 Å². The second-order valence-corrected chi connectivity index (χ2v) is 11.3. The maximum Gasteiger partial charge on any atom is 0.262 e. The Bertz CT molecular complexity index is 1950. The number of hydrogen-bond donors (Lipinski definition) is 3. The third-order valence-electron chi connectivity index (χ3n) is 6.97. The van der Waals surface area contributed by atoms with Crippen LogP contribution in [0.2, 0.25) is 0 Å². The monoisotopic (exact) mass is 707 g/mol. The summed E-state index contributed by atoms with van der Waals surface area (Å²) in [4.78, 5) is 39.8. The van der Waals surface area contributed by atoms with Crippen LogP contribution in [0, 0.1) is 15.4 Å². The molecule has 0 radical (unpaired) electrons. The maximum atomic E-state index is 13.6. The van der Waals surface area contributed by atoms with Crippen LogP contribution in [0.5, 0.6) is 23.3 Å². The van der Waals surface area contributed by atoms with Crippen molar-refractivity contribution in [3.8, 4) is 23.3 Å². The Balaban J connectivity index is 1.90. The lowest BCUT2D eigenvalue weighted by molar-refractivity contribution is -0.118. The van der Waals surface area contributed by atoms with Crippen LogP contribution in [0.3, 0.4) is 0 Å². The number of rotatable bonds is 8. The normalized spacial score (nSPS) is 11.1. The molecular weight excluding hydrogens is 681 g/mol. The third-order valence-corrected chi connectivity index (χ3v) is 8.66. The maximum absolute atomic E-state index is 13.6. The Hall–Kier alpha value is -4.28. The summed E-state index contributed by atoms with van der Waals surface area (Å²) in [5, 5.41) is 25.0.